The van der Waals surface area contributed by atoms with Gasteiger partial charge in [-0.05, 0) is 41.1 Å². The summed E-state index contributed by atoms with van der Waals surface area (Å²) in [6.07, 6.45) is 0. The number of nitrogens with zero attached hydrogens (tertiary/aromatic N) is 1. The zero-order chi connectivity index (χ0) is 13.3. The third-order valence-corrected chi connectivity index (χ3v) is 3.92. The molecule has 1 unspecified atom stereocenters. The topological polar surface area (TPSA) is 58.4 Å². The summed E-state index contributed by atoms with van der Waals surface area (Å²) < 4.78 is 0.852. The standard InChI is InChI=1S/C12H14BrN3OS/c1-7-12(17)15-4-5-16(7)8-2-3-9(11(14)18)10(13)6-8/h2-3,6-7H,4-5H2,1H3,(H2,14,18)(H,15,17). The van der Waals surface area contributed by atoms with Gasteiger partial charge in [-0.15, -0.1) is 0 Å². The summed E-state index contributed by atoms with van der Waals surface area (Å²) in [6.45, 7) is 3.35. The summed E-state index contributed by atoms with van der Waals surface area (Å²) in [7, 11) is 0. The van der Waals surface area contributed by atoms with Crippen molar-refractivity contribution < 1.29 is 4.79 Å². The van der Waals surface area contributed by atoms with Crippen LogP contribution in [0.25, 0.3) is 0 Å². The van der Waals surface area contributed by atoms with E-state index < -0.39 is 0 Å². The molecule has 0 bridgehead atoms. The van der Waals surface area contributed by atoms with E-state index in [4.69, 9.17) is 18.0 Å². The number of nitrogens with two attached hydrogens (primary N) is 1. The Morgan fingerprint density at radius 3 is 2.94 bits per heavy atom. The molecule has 6 heteroatoms. The molecule has 0 aliphatic carbocycles. The second kappa shape index (κ2) is 5.24. The maximum atomic E-state index is 11.6. The van der Waals surface area contributed by atoms with Gasteiger partial charge in [0.2, 0.25) is 5.91 Å². The van der Waals surface area contributed by atoms with Crippen molar-refractivity contribution in [2.45, 2.75) is 13.0 Å². The molecule has 0 aromatic heterocycles. The molecule has 3 N–H and O–H groups in total. The van der Waals surface area contributed by atoms with Crippen LogP contribution in [0.2, 0.25) is 0 Å². The number of rotatable bonds is 2. The first-order valence-corrected chi connectivity index (χ1v) is 6.84. The van der Waals surface area contributed by atoms with Crippen LogP contribution in [0, 0.1) is 0 Å². The molecule has 1 amide bonds. The maximum Gasteiger partial charge on any atom is 0.242 e. The highest BCUT2D eigenvalue weighted by Gasteiger charge is 2.25. The average Bonchev–Trinajstić information content (AvgIpc) is 2.32. The summed E-state index contributed by atoms with van der Waals surface area (Å²) in [5.41, 5.74) is 7.41. The monoisotopic (exact) mass is 327 g/mol. The molecule has 0 radical (unpaired) electrons. The molecule has 18 heavy (non-hydrogen) atoms. The summed E-state index contributed by atoms with van der Waals surface area (Å²) in [5, 5.41) is 2.84. The Labute approximate surface area is 120 Å². The maximum absolute atomic E-state index is 11.6. The first-order valence-electron chi connectivity index (χ1n) is 5.64. The van der Waals surface area contributed by atoms with Crippen molar-refractivity contribution in [3.05, 3.63) is 28.2 Å². The van der Waals surface area contributed by atoms with Crippen LogP contribution in [0.5, 0.6) is 0 Å². The van der Waals surface area contributed by atoms with Crippen molar-refractivity contribution in [3.8, 4) is 0 Å². The van der Waals surface area contributed by atoms with Crippen LogP contribution >= 0.6 is 28.1 Å². The highest BCUT2D eigenvalue weighted by Crippen LogP contribution is 2.26. The highest BCUT2D eigenvalue weighted by molar-refractivity contribution is 9.10. The lowest BCUT2D eigenvalue weighted by molar-refractivity contribution is -0.122. The van der Waals surface area contributed by atoms with Gasteiger partial charge in [-0.25, -0.2) is 0 Å². The molecule has 2 rings (SSSR count). The van der Waals surface area contributed by atoms with E-state index in [-0.39, 0.29) is 11.9 Å². The molecule has 4 nitrogen and oxygen atoms in total. The number of benzene rings is 1. The van der Waals surface area contributed by atoms with Gasteiger partial charge >= 0.3 is 0 Å². The summed E-state index contributed by atoms with van der Waals surface area (Å²) >= 11 is 8.42. The normalized spacial score (nSPS) is 19.6. The van der Waals surface area contributed by atoms with Gasteiger partial charge in [0.05, 0.1) is 0 Å². The minimum Gasteiger partial charge on any atom is -0.389 e. The van der Waals surface area contributed by atoms with E-state index >= 15 is 0 Å². The Balaban J connectivity index is 2.31. The molecule has 1 aromatic rings. The van der Waals surface area contributed by atoms with Gasteiger partial charge in [0.25, 0.3) is 0 Å². The molecule has 0 spiro atoms. The fraction of sp³-hybridized carbons (Fsp3) is 0.333. The molecule has 1 aliphatic rings. The van der Waals surface area contributed by atoms with Gasteiger partial charge < -0.3 is 16.0 Å². The van der Waals surface area contributed by atoms with Gasteiger partial charge in [-0.3, -0.25) is 4.79 Å². The van der Waals surface area contributed by atoms with Gasteiger partial charge in [-0.2, -0.15) is 0 Å². The third-order valence-electron chi connectivity index (χ3n) is 3.05. The Morgan fingerprint density at radius 2 is 2.33 bits per heavy atom. The number of hydrogen-bond acceptors (Lipinski definition) is 3. The van der Waals surface area contributed by atoms with Gasteiger partial charge in [0.15, 0.2) is 0 Å². The zero-order valence-electron chi connectivity index (χ0n) is 9.94. The van der Waals surface area contributed by atoms with E-state index in [9.17, 15) is 4.79 Å². The first kappa shape index (κ1) is 13.3. The lowest BCUT2D eigenvalue weighted by Gasteiger charge is -2.34. The second-order valence-corrected chi connectivity index (χ2v) is 5.48. The van der Waals surface area contributed by atoms with E-state index in [0.717, 1.165) is 22.3 Å². The average molecular weight is 328 g/mol. The number of piperazine rings is 1. The number of amides is 1. The predicted molar refractivity (Wildman–Crippen MR) is 79.8 cm³/mol. The van der Waals surface area contributed by atoms with Crippen LogP contribution in [0.1, 0.15) is 12.5 Å². The quantitative estimate of drug-likeness (QED) is 0.806. The first-order chi connectivity index (χ1) is 8.50. The molecule has 96 valence electrons. The number of nitrogens with one attached hydrogen (secondary N) is 1. The highest BCUT2D eigenvalue weighted by atomic mass is 79.9. The molecular formula is C12H14BrN3OS. The van der Waals surface area contributed by atoms with Crippen LogP contribution in [0.15, 0.2) is 22.7 Å². The van der Waals surface area contributed by atoms with Crippen molar-refractivity contribution in [1.29, 1.82) is 0 Å². The Bertz CT molecular complexity index is 506. The Kier molecular flexibility index (Phi) is 3.87. The minimum atomic E-state index is -0.165. The number of carbonyl (C=O) groups excluding carboxylic acids is 1. The smallest absolute Gasteiger partial charge is 0.242 e. The van der Waals surface area contributed by atoms with E-state index in [1.54, 1.807) is 0 Å². The van der Waals surface area contributed by atoms with Gasteiger partial charge in [-0.1, -0.05) is 12.2 Å². The number of halogens is 1. The number of anilines is 1. The molecule has 1 aliphatic heterocycles. The Hall–Kier alpha value is -1.14. The van der Waals surface area contributed by atoms with Crippen molar-refractivity contribution in [3.63, 3.8) is 0 Å². The molecular weight excluding hydrogens is 314 g/mol. The summed E-state index contributed by atoms with van der Waals surface area (Å²) in [4.78, 5) is 14.1. The minimum absolute atomic E-state index is 0.0517. The fourth-order valence-corrected chi connectivity index (χ4v) is 2.91. The SMILES string of the molecule is CC1C(=O)NCCN1c1ccc(C(N)=S)c(Br)c1. The lowest BCUT2D eigenvalue weighted by Crippen LogP contribution is -2.54. The Morgan fingerprint density at radius 1 is 1.61 bits per heavy atom. The number of carbonyl (C=O) groups is 1. The van der Waals surface area contributed by atoms with Crippen LogP contribution in [0.3, 0.4) is 0 Å². The van der Waals surface area contributed by atoms with Crippen molar-refractivity contribution in [2.24, 2.45) is 5.73 Å². The van der Waals surface area contributed by atoms with Crippen LogP contribution in [0.4, 0.5) is 5.69 Å². The fourth-order valence-electron chi connectivity index (χ4n) is 2.02. The van der Waals surface area contributed by atoms with Crippen molar-refractivity contribution in [1.82, 2.24) is 5.32 Å². The molecule has 0 saturated carbocycles. The predicted octanol–water partition coefficient (Wildman–Crippen LogP) is 1.41. The molecule has 1 heterocycles. The van der Waals surface area contributed by atoms with E-state index in [2.05, 4.69) is 26.1 Å². The van der Waals surface area contributed by atoms with E-state index in [1.807, 2.05) is 25.1 Å². The van der Waals surface area contributed by atoms with Gasteiger partial charge in [0.1, 0.15) is 11.0 Å². The summed E-state index contributed by atoms with van der Waals surface area (Å²) in [6, 6.07) is 5.60. The van der Waals surface area contributed by atoms with E-state index in [1.165, 1.54) is 0 Å². The number of thiocarbonyl (C=S) groups is 1. The van der Waals surface area contributed by atoms with Crippen LogP contribution < -0.4 is 16.0 Å². The van der Waals surface area contributed by atoms with Crippen LogP contribution in [-0.4, -0.2) is 30.0 Å². The van der Waals surface area contributed by atoms with Gasteiger partial charge in [0, 0.05) is 28.8 Å². The largest absolute Gasteiger partial charge is 0.389 e. The number of hydrogen-bond donors (Lipinski definition) is 2. The second-order valence-electron chi connectivity index (χ2n) is 4.19. The van der Waals surface area contributed by atoms with E-state index in [0.29, 0.717) is 11.5 Å². The molecule has 1 fully saturated rings. The molecule has 1 saturated heterocycles. The van der Waals surface area contributed by atoms with Crippen LogP contribution in [-0.2, 0) is 4.79 Å². The lowest BCUT2D eigenvalue weighted by atomic mass is 10.1. The zero-order valence-corrected chi connectivity index (χ0v) is 12.3. The van der Waals surface area contributed by atoms with Crippen molar-refractivity contribution >= 4 is 44.7 Å². The third kappa shape index (κ3) is 2.49. The summed E-state index contributed by atoms with van der Waals surface area (Å²) in [5.74, 6) is 0.0517. The van der Waals surface area contributed by atoms with Crippen molar-refractivity contribution in [2.75, 3.05) is 18.0 Å². The molecule has 1 atom stereocenters. The molecule has 1 aromatic carbocycles.